The van der Waals surface area contributed by atoms with Crippen molar-refractivity contribution in [2.24, 2.45) is 5.92 Å². The van der Waals surface area contributed by atoms with Gasteiger partial charge in [0.2, 0.25) is 10.0 Å². The molecular formula is C13H20Cl2N2O3S. The number of rotatable bonds is 5. The third-order valence-corrected chi connectivity index (χ3v) is 5.61. The van der Waals surface area contributed by atoms with E-state index in [9.17, 15) is 8.42 Å². The monoisotopic (exact) mass is 354 g/mol. The minimum absolute atomic E-state index is 0. The zero-order valence-corrected chi connectivity index (χ0v) is 14.4. The van der Waals surface area contributed by atoms with Gasteiger partial charge in [0.1, 0.15) is 10.6 Å². The fraction of sp³-hybridized carbons (Fsp3) is 0.538. The van der Waals surface area contributed by atoms with Gasteiger partial charge in [-0.05, 0) is 44.1 Å². The van der Waals surface area contributed by atoms with Crippen LogP contribution in [-0.4, -0.2) is 46.5 Å². The van der Waals surface area contributed by atoms with E-state index in [1.54, 1.807) is 12.1 Å². The quantitative estimate of drug-likeness (QED) is 0.878. The van der Waals surface area contributed by atoms with Crippen LogP contribution < -0.4 is 10.1 Å². The summed E-state index contributed by atoms with van der Waals surface area (Å²) in [5.74, 6) is 0.673. The van der Waals surface area contributed by atoms with Gasteiger partial charge in [0.15, 0.2) is 0 Å². The average molecular weight is 355 g/mol. The van der Waals surface area contributed by atoms with E-state index in [2.05, 4.69) is 5.32 Å². The zero-order valence-electron chi connectivity index (χ0n) is 12.0. The molecule has 0 aromatic heterocycles. The SMILES string of the molecule is CNCC1CCN(S(=O)(=O)c2cc(Cl)ccc2OC)C1.Cl. The molecule has 1 aromatic carbocycles. The summed E-state index contributed by atoms with van der Waals surface area (Å²) in [5.41, 5.74) is 0. The number of sulfonamides is 1. The van der Waals surface area contributed by atoms with Crippen LogP contribution in [0.2, 0.25) is 5.02 Å². The summed E-state index contributed by atoms with van der Waals surface area (Å²) in [6.45, 7) is 1.88. The number of ether oxygens (including phenoxy) is 1. The molecule has 1 unspecified atom stereocenters. The normalized spacial score (nSPS) is 19.3. The molecule has 21 heavy (non-hydrogen) atoms. The molecule has 2 rings (SSSR count). The summed E-state index contributed by atoms with van der Waals surface area (Å²) in [7, 11) is -0.232. The van der Waals surface area contributed by atoms with Crippen molar-refractivity contribution in [3.8, 4) is 5.75 Å². The van der Waals surface area contributed by atoms with Crippen LogP contribution in [0.1, 0.15) is 6.42 Å². The second kappa shape index (κ2) is 7.65. The lowest BCUT2D eigenvalue weighted by Crippen LogP contribution is -2.30. The molecule has 0 radical (unpaired) electrons. The number of halogens is 2. The molecule has 1 fully saturated rings. The Morgan fingerprint density at radius 2 is 2.19 bits per heavy atom. The van der Waals surface area contributed by atoms with E-state index in [1.165, 1.54) is 17.5 Å². The van der Waals surface area contributed by atoms with Crippen LogP contribution in [0, 0.1) is 5.92 Å². The van der Waals surface area contributed by atoms with Crippen molar-refractivity contribution in [2.45, 2.75) is 11.3 Å². The molecule has 1 aromatic rings. The Hall–Kier alpha value is -0.530. The molecule has 1 heterocycles. The molecule has 0 spiro atoms. The van der Waals surface area contributed by atoms with E-state index in [0.29, 0.717) is 29.8 Å². The first-order chi connectivity index (χ1) is 9.48. The van der Waals surface area contributed by atoms with Gasteiger partial charge in [-0.25, -0.2) is 8.42 Å². The minimum Gasteiger partial charge on any atom is -0.495 e. The maximum absolute atomic E-state index is 12.7. The average Bonchev–Trinajstić information content (AvgIpc) is 2.88. The standard InChI is InChI=1S/C13H19ClN2O3S.ClH/c1-15-8-10-5-6-16(9-10)20(17,18)13-7-11(14)3-4-12(13)19-2;/h3-4,7,10,15H,5-6,8-9H2,1-2H3;1H. The number of nitrogens with zero attached hydrogens (tertiary/aromatic N) is 1. The van der Waals surface area contributed by atoms with Gasteiger partial charge in [-0.1, -0.05) is 11.6 Å². The van der Waals surface area contributed by atoms with E-state index < -0.39 is 10.0 Å². The molecule has 1 N–H and O–H groups in total. The van der Waals surface area contributed by atoms with Crippen molar-refractivity contribution >= 4 is 34.0 Å². The number of benzene rings is 1. The van der Waals surface area contributed by atoms with Gasteiger partial charge >= 0.3 is 0 Å². The number of hydrogen-bond donors (Lipinski definition) is 1. The Balaban J connectivity index is 0.00000220. The summed E-state index contributed by atoms with van der Waals surface area (Å²) < 4.78 is 32.0. The molecule has 5 nitrogen and oxygen atoms in total. The van der Waals surface area contributed by atoms with E-state index >= 15 is 0 Å². The third-order valence-electron chi connectivity index (χ3n) is 3.48. The molecule has 1 aliphatic heterocycles. The lowest BCUT2D eigenvalue weighted by molar-refractivity contribution is 0.397. The van der Waals surface area contributed by atoms with Gasteiger partial charge in [0, 0.05) is 18.1 Å². The Labute approximate surface area is 137 Å². The lowest BCUT2D eigenvalue weighted by Gasteiger charge is -2.18. The van der Waals surface area contributed by atoms with E-state index in [1.807, 2.05) is 7.05 Å². The van der Waals surface area contributed by atoms with E-state index in [-0.39, 0.29) is 17.3 Å². The molecule has 0 amide bonds. The molecule has 1 atom stereocenters. The van der Waals surface area contributed by atoms with Crippen LogP contribution in [0.3, 0.4) is 0 Å². The molecular weight excluding hydrogens is 335 g/mol. The lowest BCUT2D eigenvalue weighted by atomic mass is 10.1. The molecule has 1 aliphatic rings. The van der Waals surface area contributed by atoms with Crippen LogP contribution >= 0.6 is 24.0 Å². The first-order valence-corrected chi connectivity index (χ1v) is 8.29. The van der Waals surface area contributed by atoms with Crippen molar-refractivity contribution in [2.75, 3.05) is 33.8 Å². The van der Waals surface area contributed by atoms with Crippen LogP contribution in [0.15, 0.2) is 23.1 Å². The topological polar surface area (TPSA) is 58.6 Å². The Morgan fingerprint density at radius 1 is 1.48 bits per heavy atom. The van der Waals surface area contributed by atoms with Crippen LogP contribution in [0.25, 0.3) is 0 Å². The molecule has 8 heteroatoms. The molecule has 0 saturated carbocycles. The van der Waals surface area contributed by atoms with Crippen molar-refractivity contribution < 1.29 is 13.2 Å². The fourth-order valence-electron chi connectivity index (χ4n) is 2.46. The van der Waals surface area contributed by atoms with Crippen LogP contribution in [0.4, 0.5) is 0 Å². The summed E-state index contributed by atoms with van der Waals surface area (Å²) in [6, 6.07) is 4.64. The van der Waals surface area contributed by atoms with Gasteiger partial charge in [0.25, 0.3) is 0 Å². The maximum atomic E-state index is 12.7. The Kier molecular flexibility index (Phi) is 6.74. The first kappa shape index (κ1) is 18.5. The van der Waals surface area contributed by atoms with Crippen molar-refractivity contribution in [3.05, 3.63) is 23.2 Å². The maximum Gasteiger partial charge on any atom is 0.246 e. The van der Waals surface area contributed by atoms with Crippen molar-refractivity contribution in [1.82, 2.24) is 9.62 Å². The molecule has 1 saturated heterocycles. The fourth-order valence-corrected chi connectivity index (χ4v) is 4.41. The second-order valence-electron chi connectivity index (χ2n) is 4.87. The molecule has 0 bridgehead atoms. The zero-order chi connectivity index (χ0) is 14.8. The van der Waals surface area contributed by atoms with E-state index in [0.717, 1.165) is 13.0 Å². The van der Waals surface area contributed by atoms with Crippen LogP contribution in [0.5, 0.6) is 5.75 Å². The van der Waals surface area contributed by atoms with Gasteiger partial charge in [0.05, 0.1) is 7.11 Å². The highest BCUT2D eigenvalue weighted by molar-refractivity contribution is 7.89. The van der Waals surface area contributed by atoms with Crippen molar-refractivity contribution in [3.63, 3.8) is 0 Å². The summed E-state index contributed by atoms with van der Waals surface area (Å²) >= 11 is 5.92. The highest BCUT2D eigenvalue weighted by Crippen LogP contribution is 2.32. The van der Waals surface area contributed by atoms with Crippen molar-refractivity contribution in [1.29, 1.82) is 0 Å². The van der Waals surface area contributed by atoms with Gasteiger partial charge in [-0.15, -0.1) is 12.4 Å². The highest BCUT2D eigenvalue weighted by Gasteiger charge is 2.34. The first-order valence-electron chi connectivity index (χ1n) is 6.47. The van der Waals surface area contributed by atoms with Gasteiger partial charge in [-0.2, -0.15) is 4.31 Å². The largest absolute Gasteiger partial charge is 0.495 e. The Morgan fingerprint density at radius 3 is 2.81 bits per heavy atom. The third kappa shape index (κ3) is 4.02. The molecule has 120 valence electrons. The van der Waals surface area contributed by atoms with Gasteiger partial charge < -0.3 is 10.1 Å². The smallest absolute Gasteiger partial charge is 0.246 e. The summed E-state index contributed by atoms with van der Waals surface area (Å²) in [4.78, 5) is 0.137. The minimum atomic E-state index is -3.56. The highest BCUT2D eigenvalue weighted by atomic mass is 35.5. The predicted octanol–water partition coefficient (Wildman–Crippen LogP) is 2.00. The summed E-state index contributed by atoms with van der Waals surface area (Å²) in [5, 5.41) is 3.47. The summed E-state index contributed by atoms with van der Waals surface area (Å²) in [6.07, 6.45) is 0.864. The number of nitrogens with one attached hydrogen (secondary N) is 1. The second-order valence-corrected chi connectivity index (χ2v) is 7.21. The number of hydrogen-bond acceptors (Lipinski definition) is 4. The van der Waals surface area contributed by atoms with E-state index in [4.69, 9.17) is 16.3 Å². The Bertz CT molecular complexity index is 581. The van der Waals surface area contributed by atoms with Crippen LogP contribution in [-0.2, 0) is 10.0 Å². The molecule has 0 aliphatic carbocycles. The predicted molar refractivity (Wildman–Crippen MR) is 86.0 cm³/mol. The number of methoxy groups -OCH3 is 1. The van der Waals surface area contributed by atoms with Gasteiger partial charge in [-0.3, -0.25) is 0 Å².